The molecule has 8 heteroatoms. The minimum absolute atomic E-state index is 0.0878. The van der Waals surface area contributed by atoms with Crippen molar-refractivity contribution >= 4 is 33.7 Å². The van der Waals surface area contributed by atoms with Gasteiger partial charge in [0, 0.05) is 12.7 Å². The molecule has 3 N–H and O–H groups in total. The van der Waals surface area contributed by atoms with E-state index in [1.807, 2.05) is 6.92 Å². The van der Waals surface area contributed by atoms with Gasteiger partial charge in [0.05, 0.1) is 12.3 Å². The van der Waals surface area contributed by atoms with Crippen LogP contribution >= 0.6 is 12.0 Å². The van der Waals surface area contributed by atoms with Gasteiger partial charge in [-0.25, -0.2) is 13.6 Å². The monoisotopic (exact) mass is 320 g/mol. The molecule has 1 aromatic rings. The Morgan fingerprint density at radius 3 is 2.35 bits per heavy atom. The predicted octanol–water partition coefficient (Wildman–Crippen LogP) is 1.98. The summed E-state index contributed by atoms with van der Waals surface area (Å²) in [6, 6.07) is 5.95. The lowest BCUT2D eigenvalue weighted by Crippen LogP contribution is -2.16. The fourth-order valence-corrected chi connectivity index (χ4v) is 2.20. The molecule has 0 saturated heterocycles. The molecule has 0 fully saturated rings. The zero-order valence-corrected chi connectivity index (χ0v) is 13.4. The molecule has 0 heterocycles. The second-order valence-electron chi connectivity index (χ2n) is 3.54. The molecule has 0 atom stereocenters. The lowest BCUT2D eigenvalue weighted by molar-refractivity contribution is -0.114. The number of nitrogens with one attached hydrogen (secondary N) is 1. The molecule has 0 spiro atoms. The molecule has 6 nitrogen and oxygen atoms in total. The number of benzene rings is 1. The normalized spacial score (nSPS) is 10.4. The molecule has 0 aromatic heterocycles. The Hall–Kier alpha value is -1.09. The van der Waals surface area contributed by atoms with Gasteiger partial charge in [0.25, 0.3) is 0 Å². The molecule has 0 unspecified atom stereocenters. The van der Waals surface area contributed by atoms with Crippen molar-refractivity contribution < 1.29 is 17.4 Å². The quantitative estimate of drug-likeness (QED) is 0.638. The van der Waals surface area contributed by atoms with Crippen LogP contribution in [0.4, 0.5) is 5.69 Å². The van der Waals surface area contributed by atoms with Crippen molar-refractivity contribution in [3.63, 3.8) is 0 Å². The third-order valence-electron chi connectivity index (χ3n) is 1.82. The average molecular weight is 320 g/mol. The van der Waals surface area contributed by atoms with Crippen molar-refractivity contribution in [3.8, 4) is 0 Å². The van der Waals surface area contributed by atoms with Crippen molar-refractivity contribution in [2.45, 2.75) is 25.7 Å². The molecule has 1 aromatic carbocycles. The lowest BCUT2D eigenvalue weighted by atomic mass is 10.3. The van der Waals surface area contributed by atoms with E-state index in [0.717, 1.165) is 12.4 Å². The van der Waals surface area contributed by atoms with Crippen LogP contribution in [-0.4, -0.2) is 26.7 Å². The summed E-state index contributed by atoms with van der Waals surface area (Å²) in [5.41, 5.74) is 0.197. The van der Waals surface area contributed by atoms with Crippen LogP contribution in [0.25, 0.3) is 0 Å². The summed E-state index contributed by atoms with van der Waals surface area (Å²) in [5, 5.41) is 7.34. The van der Waals surface area contributed by atoms with Crippen LogP contribution in [0.5, 0.6) is 0 Å². The Balaban J connectivity index is 0.000000511. The number of rotatable bonds is 5. The van der Waals surface area contributed by atoms with Gasteiger partial charge in [-0.05, 0) is 31.1 Å². The number of hydrogen-bond acceptors (Lipinski definition) is 5. The first-order valence-corrected chi connectivity index (χ1v) is 8.42. The fourth-order valence-electron chi connectivity index (χ4n) is 1.17. The largest absolute Gasteiger partial charge is 0.325 e. The number of sulfonamides is 1. The van der Waals surface area contributed by atoms with E-state index in [0.29, 0.717) is 0 Å². The zero-order valence-electron chi connectivity index (χ0n) is 11.8. The maximum Gasteiger partial charge on any atom is 0.240 e. The number of amides is 1. The van der Waals surface area contributed by atoms with Gasteiger partial charge in [-0.15, -0.1) is 0 Å². The average Bonchev–Trinajstić information content (AvgIpc) is 2.35. The molecule has 1 rings (SSSR count). The highest BCUT2D eigenvalue weighted by Crippen LogP contribution is 2.18. The third-order valence-corrected chi connectivity index (χ3v) is 3.43. The summed E-state index contributed by atoms with van der Waals surface area (Å²) in [4.78, 5) is 10.7. The fraction of sp³-hybridized carbons (Fsp3) is 0.417. The Labute approximate surface area is 124 Å². The second-order valence-corrected chi connectivity index (χ2v) is 6.11. The van der Waals surface area contributed by atoms with E-state index in [1.54, 1.807) is 6.07 Å². The molecule has 114 valence electrons. The van der Waals surface area contributed by atoms with E-state index in [9.17, 15) is 13.2 Å². The van der Waals surface area contributed by atoms with E-state index in [1.165, 1.54) is 37.2 Å². The number of hydrogen-bond donors (Lipinski definition) is 2. The van der Waals surface area contributed by atoms with E-state index < -0.39 is 10.0 Å². The number of carbonyl (C=O) groups excluding carboxylic acids is 1. The van der Waals surface area contributed by atoms with Gasteiger partial charge in [-0.3, -0.25) is 4.79 Å². The molecule has 0 aliphatic rings. The van der Waals surface area contributed by atoms with Crippen molar-refractivity contribution in [2.75, 3.05) is 17.7 Å². The Bertz CT molecular complexity index is 514. The van der Waals surface area contributed by atoms with Crippen LogP contribution in [0.2, 0.25) is 0 Å². The highest BCUT2D eigenvalue weighted by atomic mass is 32.2. The van der Waals surface area contributed by atoms with Crippen molar-refractivity contribution in [2.24, 2.45) is 5.14 Å². The van der Waals surface area contributed by atoms with Crippen LogP contribution in [0.3, 0.4) is 0 Å². The summed E-state index contributed by atoms with van der Waals surface area (Å²) in [6.45, 7) is 6.17. The topological polar surface area (TPSA) is 98.5 Å². The maximum absolute atomic E-state index is 11.1. The molecule has 0 bridgehead atoms. The van der Waals surface area contributed by atoms with Gasteiger partial charge in [0.2, 0.25) is 15.9 Å². The number of primary sulfonamides is 1. The SMILES string of the molecule is CC(=O)Nc1ccccc1S(N)(=O)=O.CCOSCC. The number of anilines is 1. The first-order valence-electron chi connectivity index (χ1n) is 5.96. The van der Waals surface area contributed by atoms with Crippen molar-refractivity contribution in [1.82, 2.24) is 0 Å². The minimum atomic E-state index is -3.79. The molecular weight excluding hydrogens is 300 g/mol. The Kier molecular flexibility index (Phi) is 9.23. The molecule has 0 aliphatic carbocycles. The second kappa shape index (κ2) is 9.76. The highest BCUT2D eigenvalue weighted by molar-refractivity contribution is 7.94. The maximum atomic E-state index is 11.1. The summed E-state index contributed by atoms with van der Waals surface area (Å²) in [5.74, 6) is 0.703. The Morgan fingerprint density at radius 1 is 1.35 bits per heavy atom. The molecule has 0 radical (unpaired) electrons. The summed E-state index contributed by atoms with van der Waals surface area (Å²) < 4.78 is 27.0. The summed E-state index contributed by atoms with van der Waals surface area (Å²) >= 11 is 1.51. The minimum Gasteiger partial charge on any atom is -0.325 e. The number of carbonyl (C=O) groups is 1. The highest BCUT2D eigenvalue weighted by Gasteiger charge is 2.13. The van der Waals surface area contributed by atoms with Crippen molar-refractivity contribution in [3.05, 3.63) is 24.3 Å². The van der Waals surface area contributed by atoms with Gasteiger partial charge < -0.3 is 9.50 Å². The van der Waals surface area contributed by atoms with Gasteiger partial charge in [0.15, 0.2) is 0 Å². The van der Waals surface area contributed by atoms with Crippen LogP contribution in [0.1, 0.15) is 20.8 Å². The molecule has 20 heavy (non-hydrogen) atoms. The van der Waals surface area contributed by atoms with E-state index in [4.69, 9.17) is 9.32 Å². The molecule has 0 aliphatic heterocycles. The zero-order chi connectivity index (χ0) is 15.6. The smallest absolute Gasteiger partial charge is 0.240 e. The standard InChI is InChI=1S/C8H10N2O3S.C4H10OS/c1-6(11)10-7-4-2-3-5-8(7)14(9,12)13;1-3-5-6-4-2/h2-5H,1H3,(H,10,11)(H2,9,12,13);3-4H2,1-2H3. The first-order chi connectivity index (χ1) is 9.32. The molecular formula is C12H20N2O4S2. The van der Waals surface area contributed by atoms with Gasteiger partial charge in [-0.2, -0.15) is 0 Å². The summed E-state index contributed by atoms with van der Waals surface area (Å²) in [6.07, 6.45) is 0. The number of para-hydroxylation sites is 1. The third kappa shape index (κ3) is 8.16. The van der Waals surface area contributed by atoms with Crippen LogP contribution in [-0.2, 0) is 19.0 Å². The van der Waals surface area contributed by atoms with Crippen LogP contribution < -0.4 is 10.5 Å². The first kappa shape index (κ1) is 18.9. The lowest BCUT2D eigenvalue weighted by Gasteiger charge is -2.06. The summed E-state index contributed by atoms with van der Waals surface area (Å²) in [7, 11) is -3.79. The van der Waals surface area contributed by atoms with E-state index >= 15 is 0 Å². The predicted molar refractivity (Wildman–Crippen MR) is 81.9 cm³/mol. The van der Waals surface area contributed by atoms with Crippen LogP contribution in [0, 0.1) is 0 Å². The van der Waals surface area contributed by atoms with Gasteiger partial charge >= 0.3 is 0 Å². The van der Waals surface area contributed by atoms with Gasteiger partial charge in [-0.1, -0.05) is 19.1 Å². The molecule has 0 saturated carbocycles. The van der Waals surface area contributed by atoms with Crippen LogP contribution in [0.15, 0.2) is 29.2 Å². The Morgan fingerprint density at radius 2 is 1.95 bits per heavy atom. The van der Waals surface area contributed by atoms with E-state index in [2.05, 4.69) is 12.2 Å². The van der Waals surface area contributed by atoms with E-state index in [-0.39, 0.29) is 16.5 Å². The van der Waals surface area contributed by atoms with Crippen molar-refractivity contribution in [1.29, 1.82) is 0 Å². The van der Waals surface area contributed by atoms with Gasteiger partial charge in [0.1, 0.15) is 4.90 Å². The number of nitrogens with two attached hydrogens (primary N) is 1. The molecule has 1 amide bonds.